The molecular weight excluding hydrogens is 442 g/mol. The second-order valence-corrected chi connectivity index (χ2v) is 11.6. The number of rotatable bonds is 4. The molecule has 8 heteroatoms. The highest BCUT2D eigenvalue weighted by Gasteiger charge is 2.34. The normalized spacial score (nSPS) is 17.9. The Labute approximate surface area is 192 Å². The van der Waals surface area contributed by atoms with Gasteiger partial charge >= 0.3 is 0 Å². The second kappa shape index (κ2) is 8.57. The summed E-state index contributed by atoms with van der Waals surface area (Å²) in [4.78, 5) is 19.7. The first-order valence-electron chi connectivity index (χ1n) is 11.2. The van der Waals surface area contributed by atoms with E-state index in [0.717, 1.165) is 29.5 Å². The van der Waals surface area contributed by atoms with E-state index in [1.807, 2.05) is 36.4 Å². The largest absolute Gasteiger partial charge is 0.291 e. The van der Waals surface area contributed by atoms with Crippen LogP contribution in [0.25, 0.3) is 10.2 Å². The van der Waals surface area contributed by atoms with Crippen LogP contribution in [0.1, 0.15) is 36.8 Å². The maximum absolute atomic E-state index is 13.2. The number of anilines is 1. The number of nitrogens with zero attached hydrogens (tertiary/aromatic N) is 3. The molecular formula is C24H27N3O3S2. The standard InChI is InChI=1S/C24H27N3O3S2/c1-26(24-25-21-8-4-5-9-22(21)31-24)23(28)18-12-14-27(15-13-18)32(29,30)20-11-10-17-6-2-3-7-19(17)16-20/h4-5,8-11,16,18H,2-3,6-7,12-15H2,1H3. The van der Waals surface area contributed by atoms with Gasteiger partial charge in [0.2, 0.25) is 15.9 Å². The fraction of sp³-hybridized carbons (Fsp3) is 0.417. The molecule has 2 heterocycles. The summed E-state index contributed by atoms with van der Waals surface area (Å²) in [5.74, 6) is -0.183. The average molecular weight is 470 g/mol. The van der Waals surface area contributed by atoms with E-state index >= 15 is 0 Å². The van der Waals surface area contributed by atoms with E-state index in [1.54, 1.807) is 22.3 Å². The number of carbonyl (C=O) groups excluding carboxylic acids is 1. The number of aromatic nitrogens is 1. The number of thiazole rings is 1. The lowest BCUT2D eigenvalue weighted by molar-refractivity contribution is -0.123. The molecule has 6 nitrogen and oxygen atoms in total. The Kier molecular flexibility index (Phi) is 5.77. The Morgan fingerprint density at radius 1 is 1.06 bits per heavy atom. The van der Waals surface area contributed by atoms with Crippen LogP contribution >= 0.6 is 11.3 Å². The molecule has 1 aliphatic heterocycles. The summed E-state index contributed by atoms with van der Waals surface area (Å²) in [5, 5.41) is 0.681. The molecule has 0 bridgehead atoms. The van der Waals surface area contributed by atoms with Gasteiger partial charge in [0.1, 0.15) is 0 Å². The summed E-state index contributed by atoms with van der Waals surface area (Å²) in [6, 6.07) is 13.4. The van der Waals surface area contributed by atoms with Gasteiger partial charge in [0.15, 0.2) is 5.13 Å². The van der Waals surface area contributed by atoms with E-state index in [9.17, 15) is 13.2 Å². The molecule has 0 radical (unpaired) electrons. The third-order valence-electron chi connectivity index (χ3n) is 6.66. The molecule has 5 rings (SSSR count). The summed E-state index contributed by atoms with van der Waals surface area (Å²) in [7, 11) is -1.78. The van der Waals surface area contributed by atoms with Gasteiger partial charge in [-0.3, -0.25) is 9.69 Å². The molecule has 3 aromatic rings. The molecule has 168 valence electrons. The zero-order chi connectivity index (χ0) is 22.3. The van der Waals surface area contributed by atoms with Gasteiger partial charge in [-0.1, -0.05) is 29.5 Å². The van der Waals surface area contributed by atoms with Crippen LogP contribution in [0, 0.1) is 5.92 Å². The number of hydrogen-bond donors (Lipinski definition) is 0. The molecule has 1 saturated heterocycles. The molecule has 2 aromatic carbocycles. The van der Waals surface area contributed by atoms with Crippen LogP contribution in [0.5, 0.6) is 0 Å². The van der Waals surface area contributed by atoms with Crippen molar-refractivity contribution in [2.45, 2.75) is 43.4 Å². The van der Waals surface area contributed by atoms with Crippen LogP contribution < -0.4 is 4.90 Å². The van der Waals surface area contributed by atoms with Crippen LogP contribution in [-0.4, -0.2) is 43.8 Å². The number of aryl methyl sites for hydroxylation is 2. The number of benzene rings is 2. The lowest BCUT2D eigenvalue weighted by Crippen LogP contribution is -2.43. The molecule has 1 fully saturated rings. The summed E-state index contributed by atoms with van der Waals surface area (Å²) >= 11 is 1.50. The van der Waals surface area contributed by atoms with Crippen LogP contribution in [0.15, 0.2) is 47.4 Å². The highest BCUT2D eigenvalue weighted by Crippen LogP contribution is 2.32. The predicted octanol–water partition coefficient (Wildman–Crippen LogP) is 4.24. The van der Waals surface area contributed by atoms with Gasteiger partial charge in [-0.25, -0.2) is 13.4 Å². The Hall–Kier alpha value is -2.29. The molecule has 0 spiro atoms. The second-order valence-electron chi connectivity index (χ2n) is 8.68. The van der Waals surface area contributed by atoms with E-state index in [0.29, 0.717) is 36.0 Å². The SMILES string of the molecule is CN(C(=O)C1CCN(S(=O)(=O)c2ccc3c(c2)CCCC3)CC1)c1nc2ccccc2s1. The van der Waals surface area contributed by atoms with Crippen molar-refractivity contribution < 1.29 is 13.2 Å². The number of carbonyl (C=O) groups is 1. The fourth-order valence-electron chi connectivity index (χ4n) is 4.73. The molecule has 1 amide bonds. The van der Waals surface area contributed by atoms with E-state index in [2.05, 4.69) is 4.98 Å². The van der Waals surface area contributed by atoms with Crippen molar-refractivity contribution in [1.82, 2.24) is 9.29 Å². The maximum Gasteiger partial charge on any atom is 0.243 e. The van der Waals surface area contributed by atoms with Crippen LogP contribution in [0.4, 0.5) is 5.13 Å². The molecule has 0 N–H and O–H groups in total. The minimum absolute atomic E-state index is 0.00915. The van der Waals surface area contributed by atoms with Crippen molar-refractivity contribution >= 4 is 42.6 Å². The zero-order valence-electron chi connectivity index (χ0n) is 18.2. The fourth-order valence-corrected chi connectivity index (χ4v) is 7.19. The molecule has 0 saturated carbocycles. The number of sulfonamides is 1. The van der Waals surface area contributed by atoms with Gasteiger partial charge in [-0.2, -0.15) is 4.31 Å². The smallest absolute Gasteiger partial charge is 0.243 e. The highest BCUT2D eigenvalue weighted by atomic mass is 32.2. The van der Waals surface area contributed by atoms with Crippen molar-refractivity contribution in [2.75, 3.05) is 25.0 Å². The average Bonchev–Trinajstić information content (AvgIpc) is 3.27. The zero-order valence-corrected chi connectivity index (χ0v) is 19.8. The van der Waals surface area contributed by atoms with Crippen LogP contribution in [-0.2, 0) is 27.7 Å². The van der Waals surface area contributed by atoms with Crippen molar-refractivity contribution in [2.24, 2.45) is 5.92 Å². The van der Waals surface area contributed by atoms with E-state index in [-0.39, 0.29) is 11.8 Å². The minimum Gasteiger partial charge on any atom is -0.291 e. The van der Waals surface area contributed by atoms with E-state index in [4.69, 9.17) is 0 Å². The first-order valence-corrected chi connectivity index (χ1v) is 13.4. The van der Waals surface area contributed by atoms with Gasteiger partial charge in [0.05, 0.1) is 15.1 Å². The van der Waals surface area contributed by atoms with Gasteiger partial charge in [-0.15, -0.1) is 0 Å². The van der Waals surface area contributed by atoms with E-state index in [1.165, 1.54) is 28.9 Å². The van der Waals surface area contributed by atoms with Crippen LogP contribution in [0.2, 0.25) is 0 Å². The molecule has 0 unspecified atom stereocenters. The first-order chi connectivity index (χ1) is 15.4. The molecule has 2 aliphatic rings. The van der Waals surface area contributed by atoms with Crippen molar-refractivity contribution in [3.63, 3.8) is 0 Å². The highest BCUT2D eigenvalue weighted by molar-refractivity contribution is 7.89. The Morgan fingerprint density at radius 2 is 1.78 bits per heavy atom. The topological polar surface area (TPSA) is 70.6 Å². The quantitative estimate of drug-likeness (QED) is 0.573. The number of amides is 1. The lowest BCUT2D eigenvalue weighted by atomic mass is 9.92. The summed E-state index contributed by atoms with van der Waals surface area (Å²) in [6.45, 7) is 0.729. The predicted molar refractivity (Wildman–Crippen MR) is 128 cm³/mol. The third-order valence-corrected chi connectivity index (χ3v) is 9.67. The van der Waals surface area contributed by atoms with E-state index < -0.39 is 10.0 Å². The van der Waals surface area contributed by atoms with Crippen molar-refractivity contribution in [3.05, 3.63) is 53.6 Å². The van der Waals surface area contributed by atoms with Crippen LogP contribution in [0.3, 0.4) is 0 Å². The Balaban J connectivity index is 1.26. The lowest BCUT2D eigenvalue weighted by Gasteiger charge is -2.32. The minimum atomic E-state index is -3.54. The van der Waals surface area contributed by atoms with Gasteiger partial charge in [0.25, 0.3) is 0 Å². The number of hydrogen-bond acceptors (Lipinski definition) is 5. The number of fused-ring (bicyclic) bond motifs is 2. The summed E-state index contributed by atoms with van der Waals surface area (Å²) < 4.78 is 29.0. The van der Waals surface area contributed by atoms with Gasteiger partial charge < -0.3 is 0 Å². The van der Waals surface area contributed by atoms with Gasteiger partial charge in [-0.05, 0) is 73.9 Å². The molecule has 1 aliphatic carbocycles. The molecule has 1 aromatic heterocycles. The maximum atomic E-state index is 13.2. The molecule has 32 heavy (non-hydrogen) atoms. The summed E-state index contributed by atoms with van der Waals surface area (Å²) in [5.41, 5.74) is 3.33. The van der Waals surface area contributed by atoms with Gasteiger partial charge in [0, 0.05) is 26.1 Å². The number of para-hydroxylation sites is 1. The Bertz CT molecular complexity index is 1230. The molecule has 0 atom stereocenters. The van der Waals surface area contributed by atoms with Crippen molar-refractivity contribution in [3.8, 4) is 0 Å². The third kappa shape index (κ3) is 3.95. The summed E-state index contributed by atoms with van der Waals surface area (Å²) in [6.07, 6.45) is 5.33. The first kappa shape index (κ1) is 21.6. The monoisotopic (exact) mass is 469 g/mol. The van der Waals surface area contributed by atoms with Crippen molar-refractivity contribution in [1.29, 1.82) is 0 Å². The number of piperidine rings is 1. The Morgan fingerprint density at radius 3 is 2.53 bits per heavy atom.